The normalized spacial score (nSPS) is 6.03. The summed E-state index contributed by atoms with van der Waals surface area (Å²) in [6, 6.07) is 0. The first kappa shape index (κ1) is 50.1. The molecule has 0 unspecified atom stereocenters. The Hall–Kier alpha value is -3.05. The number of rotatable bonds is 0. The number of carboxylic acid groups (broad SMARTS) is 7. The Labute approximate surface area is 180 Å². The minimum atomic E-state index is -1.08. The van der Waals surface area contributed by atoms with Gasteiger partial charge in [0, 0.05) is 46.6 Å². The molecule has 29 heavy (non-hydrogen) atoms. The van der Waals surface area contributed by atoms with Crippen molar-refractivity contribution in [3.8, 4) is 0 Å². The van der Waals surface area contributed by atoms with Crippen LogP contribution in [-0.4, -0.2) is 67.3 Å². The summed E-state index contributed by atoms with van der Waals surface area (Å²) < 4.78 is 0. The van der Waals surface area contributed by atoms with Crippen LogP contribution >= 0.6 is 0 Å². The minimum Gasteiger partial charge on any atom is -0.550 e. The third kappa shape index (κ3) is 1420. The quantitative estimate of drug-likeness (QED) is 0.214. The zero-order chi connectivity index (χ0) is 25.0. The molecule has 0 rings (SSSR count). The van der Waals surface area contributed by atoms with Crippen molar-refractivity contribution in [1.29, 1.82) is 0 Å². The smallest absolute Gasteiger partial charge is 0.550 e. The summed E-state index contributed by atoms with van der Waals surface area (Å²) in [7, 11) is 0. The van der Waals surface area contributed by atoms with Crippen LogP contribution in [0.3, 0.4) is 0 Å². The molecule has 0 bridgehead atoms. The summed E-state index contributed by atoms with van der Waals surface area (Å²) in [6.45, 7) is 7.36. The van der Waals surface area contributed by atoms with Gasteiger partial charge in [0.25, 0.3) is 29.8 Å². The van der Waals surface area contributed by atoms with Crippen LogP contribution in [0, 0.1) is 0 Å². The monoisotopic (exact) mass is 524 g/mol. The molecule has 5 N–H and O–H groups in total. The van der Waals surface area contributed by atoms with E-state index in [1.54, 1.807) is 0 Å². The first-order chi connectivity index (χ1) is 12.1. The van der Waals surface area contributed by atoms with E-state index in [1.165, 1.54) is 0 Å². The Morgan fingerprint density at radius 2 is 0.414 bits per heavy atom. The van der Waals surface area contributed by atoms with E-state index in [2.05, 4.69) is 0 Å². The van der Waals surface area contributed by atoms with Crippen LogP contribution in [0.5, 0.6) is 0 Å². The fourth-order valence-corrected chi connectivity index (χ4v) is 0. The molecule has 0 aliphatic rings. The first-order valence-corrected chi connectivity index (χ1v) is 6.46. The minimum absolute atomic E-state index is 0. The van der Waals surface area contributed by atoms with Gasteiger partial charge in [-0.1, -0.05) is 0 Å². The topological polar surface area (TPSA) is 267 Å². The molecule has 0 spiro atoms. The second-order valence-corrected chi connectivity index (χ2v) is 3.58. The number of carbonyl (C=O) groups excluding carboxylic acids is 2. The van der Waals surface area contributed by atoms with E-state index >= 15 is 0 Å². The van der Waals surface area contributed by atoms with Gasteiger partial charge in [-0.2, -0.15) is 0 Å². The molecule has 15 heteroatoms. The van der Waals surface area contributed by atoms with Gasteiger partial charge < -0.3 is 45.3 Å². The zero-order valence-corrected chi connectivity index (χ0v) is 18.3. The van der Waals surface area contributed by atoms with Gasteiger partial charge in [-0.05, 0) is 13.8 Å². The van der Waals surface area contributed by atoms with Gasteiger partial charge in [0.15, 0.2) is 0 Å². The van der Waals surface area contributed by atoms with E-state index in [1.807, 2.05) is 0 Å². The summed E-state index contributed by atoms with van der Waals surface area (Å²) in [4.78, 5) is 62.8. The maximum absolute atomic E-state index is 9.00. The van der Waals surface area contributed by atoms with Crippen molar-refractivity contribution >= 4 is 41.8 Å². The van der Waals surface area contributed by atoms with Gasteiger partial charge >= 0.3 is 20.4 Å². The van der Waals surface area contributed by atoms with Crippen molar-refractivity contribution in [2.24, 2.45) is 0 Å². The molecule has 0 aromatic carbocycles. The molecule has 0 saturated carbocycles. The standard InChI is InChI=1S/7C2H4O2.Pd/c7*1-2(3)4;/h7*1H3,(H,3,4);/q;;;;;;;+2/p-2. The van der Waals surface area contributed by atoms with Crippen LogP contribution in [0.1, 0.15) is 48.5 Å². The van der Waals surface area contributed by atoms with Crippen molar-refractivity contribution in [2.75, 3.05) is 0 Å². The third-order valence-corrected chi connectivity index (χ3v) is 0. The van der Waals surface area contributed by atoms with E-state index in [-0.39, 0.29) is 20.4 Å². The molecule has 0 atom stereocenters. The Morgan fingerprint density at radius 3 is 0.414 bits per heavy atom. The molecule has 0 fully saturated rings. The largest absolute Gasteiger partial charge is 2.00 e. The Bertz CT molecular complexity index is 313. The van der Waals surface area contributed by atoms with E-state index in [0.29, 0.717) is 0 Å². The zero-order valence-electron chi connectivity index (χ0n) is 16.7. The second-order valence-electron chi connectivity index (χ2n) is 3.58. The Balaban J connectivity index is -0.0000000294. The fraction of sp³-hybridized carbons (Fsp3) is 0.500. The summed E-state index contributed by atoms with van der Waals surface area (Å²) >= 11 is 0. The molecule has 0 saturated heterocycles. The van der Waals surface area contributed by atoms with Gasteiger partial charge in [0.1, 0.15) is 0 Å². The summed E-state index contributed by atoms with van der Waals surface area (Å²) in [5, 5.41) is 54.9. The van der Waals surface area contributed by atoms with E-state index in [4.69, 9.17) is 69.3 Å². The maximum atomic E-state index is 9.00. The van der Waals surface area contributed by atoms with E-state index in [9.17, 15) is 0 Å². The molecule has 14 nitrogen and oxygen atoms in total. The molecule has 176 valence electrons. The Morgan fingerprint density at radius 1 is 0.414 bits per heavy atom. The van der Waals surface area contributed by atoms with Crippen molar-refractivity contribution in [2.45, 2.75) is 48.5 Å². The van der Waals surface area contributed by atoms with Crippen LogP contribution in [0.4, 0.5) is 0 Å². The summed E-state index contributed by atoms with van der Waals surface area (Å²) in [5.41, 5.74) is 0. The molecule has 0 amide bonds. The molecule has 0 aliphatic heterocycles. The predicted octanol–water partition coefficient (Wildman–Crippen LogP) is -2.04. The number of aliphatic carboxylic acids is 7. The van der Waals surface area contributed by atoms with Gasteiger partial charge in [-0.3, -0.25) is 24.0 Å². The number of hydrogen-bond donors (Lipinski definition) is 5. The molecular weight excluding hydrogens is 499 g/mol. The fourth-order valence-electron chi connectivity index (χ4n) is 0. The van der Waals surface area contributed by atoms with Crippen molar-refractivity contribution in [3.05, 3.63) is 0 Å². The molecular formula is C14H26O14Pd. The van der Waals surface area contributed by atoms with Crippen LogP contribution in [-0.2, 0) is 54.0 Å². The van der Waals surface area contributed by atoms with Crippen LogP contribution < -0.4 is 10.2 Å². The van der Waals surface area contributed by atoms with Crippen LogP contribution in [0.25, 0.3) is 0 Å². The molecule has 0 aromatic heterocycles. The summed E-state index contributed by atoms with van der Waals surface area (Å²) in [5.74, 6) is -6.33. The summed E-state index contributed by atoms with van der Waals surface area (Å²) in [6.07, 6.45) is 0. The van der Waals surface area contributed by atoms with Crippen LogP contribution in [0.2, 0.25) is 0 Å². The van der Waals surface area contributed by atoms with Gasteiger partial charge in [-0.15, -0.1) is 0 Å². The molecule has 0 aromatic rings. The van der Waals surface area contributed by atoms with Gasteiger partial charge in [-0.25, -0.2) is 0 Å². The van der Waals surface area contributed by atoms with Crippen LogP contribution in [0.15, 0.2) is 0 Å². The SMILES string of the molecule is CC(=O)O.CC(=O)O.CC(=O)O.CC(=O)O.CC(=O)O.CC(=O)[O-].CC(=O)[O-].[Pd+2]. The predicted molar refractivity (Wildman–Crippen MR) is 87.9 cm³/mol. The van der Waals surface area contributed by atoms with E-state index < -0.39 is 41.8 Å². The second kappa shape index (κ2) is 44.4. The molecule has 0 radical (unpaired) electrons. The molecule has 0 heterocycles. The maximum Gasteiger partial charge on any atom is 2.00 e. The number of carbonyl (C=O) groups is 7. The number of carboxylic acids is 7. The number of hydrogen-bond acceptors (Lipinski definition) is 9. The molecule has 0 aliphatic carbocycles. The average molecular weight is 525 g/mol. The van der Waals surface area contributed by atoms with Crippen molar-refractivity contribution in [3.63, 3.8) is 0 Å². The van der Waals surface area contributed by atoms with E-state index in [0.717, 1.165) is 48.5 Å². The third-order valence-electron chi connectivity index (χ3n) is 0. The first-order valence-electron chi connectivity index (χ1n) is 6.46. The van der Waals surface area contributed by atoms with Crippen molar-refractivity contribution < 1.29 is 89.7 Å². The van der Waals surface area contributed by atoms with Gasteiger partial charge in [0.05, 0.1) is 0 Å². The van der Waals surface area contributed by atoms with Gasteiger partial charge in [0.2, 0.25) is 0 Å². The van der Waals surface area contributed by atoms with Crippen molar-refractivity contribution in [1.82, 2.24) is 0 Å². The average Bonchev–Trinajstić information content (AvgIpc) is 2.20. The Kier molecular flexibility index (Phi) is 76.8.